The lowest BCUT2D eigenvalue weighted by Gasteiger charge is -2.18. The van der Waals surface area contributed by atoms with Gasteiger partial charge in [-0.05, 0) is 55.9 Å². The van der Waals surface area contributed by atoms with Gasteiger partial charge in [0, 0.05) is 6.54 Å². The maximum Gasteiger partial charge on any atom is 0.233 e. The van der Waals surface area contributed by atoms with Crippen molar-refractivity contribution in [3.05, 3.63) is 0 Å². The molecule has 2 fully saturated rings. The molecule has 3 nitrogen and oxygen atoms in total. The normalized spacial score (nSPS) is 21.6. The van der Waals surface area contributed by atoms with E-state index in [1.165, 1.54) is 32.1 Å². The third-order valence-electron chi connectivity index (χ3n) is 3.87. The molecular weight excluding hydrogens is 212 g/mol. The Bertz CT molecular complexity index is 267. The second-order valence-electron chi connectivity index (χ2n) is 6.45. The Morgan fingerprint density at radius 3 is 2.59 bits per heavy atom. The zero-order valence-corrected chi connectivity index (χ0v) is 11.2. The van der Waals surface area contributed by atoms with Gasteiger partial charge in [-0.1, -0.05) is 13.8 Å². The van der Waals surface area contributed by atoms with Crippen molar-refractivity contribution in [1.82, 2.24) is 10.6 Å². The molecule has 0 aromatic rings. The fraction of sp³-hybridized carbons (Fsp3) is 0.929. The number of hydrogen-bond acceptors (Lipinski definition) is 2. The van der Waals surface area contributed by atoms with Gasteiger partial charge in [-0.15, -0.1) is 0 Å². The molecule has 0 heterocycles. The summed E-state index contributed by atoms with van der Waals surface area (Å²) in [5.41, 5.74) is 0.445. The largest absolute Gasteiger partial charge is 0.354 e. The Labute approximate surface area is 105 Å². The van der Waals surface area contributed by atoms with Crippen molar-refractivity contribution in [3.8, 4) is 0 Å². The number of amides is 1. The quantitative estimate of drug-likeness (QED) is 0.678. The number of carbonyl (C=O) groups excluding carboxylic acids is 1. The van der Waals surface area contributed by atoms with Crippen molar-refractivity contribution in [3.63, 3.8) is 0 Å². The van der Waals surface area contributed by atoms with Crippen LogP contribution < -0.4 is 10.6 Å². The van der Waals surface area contributed by atoms with Gasteiger partial charge in [-0.3, -0.25) is 4.79 Å². The maximum atomic E-state index is 11.6. The molecule has 0 bridgehead atoms. The molecule has 2 rings (SSSR count). The van der Waals surface area contributed by atoms with Crippen molar-refractivity contribution in [2.75, 3.05) is 19.6 Å². The molecule has 0 atom stereocenters. The SMILES string of the molecule is CC(C)CC1(CNC(=O)CNCC2CC2)CC1. The predicted molar refractivity (Wildman–Crippen MR) is 69.7 cm³/mol. The van der Waals surface area contributed by atoms with Crippen molar-refractivity contribution in [2.24, 2.45) is 17.3 Å². The smallest absolute Gasteiger partial charge is 0.233 e. The van der Waals surface area contributed by atoms with Gasteiger partial charge in [0.2, 0.25) is 5.91 Å². The molecular formula is C14H26N2O. The summed E-state index contributed by atoms with van der Waals surface area (Å²) in [5.74, 6) is 1.75. The molecule has 2 N–H and O–H groups in total. The third kappa shape index (κ3) is 4.66. The monoisotopic (exact) mass is 238 g/mol. The second-order valence-corrected chi connectivity index (χ2v) is 6.45. The van der Waals surface area contributed by atoms with Crippen LogP contribution in [0.5, 0.6) is 0 Å². The summed E-state index contributed by atoms with van der Waals surface area (Å²) >= 11 is 0. The lowest BCUT2D eigenvalue weighted by Crippen LogP contribution is -2.38. The molecule has 0 spiro atoms. The summed E-state index contributed by atoms with van der Waals surface area (Å²) in [6, 6.07) is 0. The van der Waals surface area contributed by atoms with Gasteiger partial charge in [-0.2, -0.15) is 0 Å². The van der Waals surface area contributed by atoms with Crippen LogP contribution in [0, 0.1) is 17.3 Å². The van der Waals surface area contributed by atoms with Crippen LogP contribution in [0.1, 0.15) is 46.0 Å². The first-order valence-corrected chi connectivity index (χ1v) is 7.07. The maximum absolute atomic E-state index is 11.6. The van der Waals surface area contributed by atoms with Gasteiger partial charge in [0.1, 0.15) is 0 Å². The van der Waals surface area contributed by atoms with Crippen molar-refractivity contribution in [1.29, 1.82) is 0 Å². The minimum Gasteiger partial charge on any atom is -0.354 e. The van der Waals surface area contributed by atoms with Gasteiger partial charge >= 0.3 is 0 Å². The molecule has 0 aromatic carbocycles. The van der Waals surface area contributed by atoms with Gasteiger partial charge < -0.3 is 10.6 Å². The Balaban J connectivity index is 1.55. The third-order valence-corrected chi connectivity index (χ3v) is 3.87. The van der Waals surface area contributed by atoms with Crippen LogP contribution in [0.4, 0.5) is 0 Å². The van der Waals surface area contributed by atoms with Gasteiger partial charge in [0.15, 0.2) is 0 Å². The highest BCUT2D eigenvalue weighted by atomic mass is 16.1. The average molecular weight is 238 g/mol. The van der Waals surface area contributed by atoms with E-state index in [4.69, 9.17) is 0 Å². The van der Waals surface area contributed by atoms with E-state index in [1.807, 2.05) is 0 Å². The lowest BCUT2D eigenvalue weighted by atomic mass is 9.94. The number of hydrogen-bond donors (Lipinski definition) is 2. The molecule has 0 radical (unpaired) electrons. The highest BCUT2D eigenvalue weighted by molar-refractivity contribution is 5.78. The van der Waals surface area contributed by atoms with Gasteiger partial charge in [-0.25, -0.2) is 0 Å². The van der Waals surface area contributed by atoms with Crippen LogP contribution in [0.3, 0.4) is 0 Å². The minimum atomic E-state index is 0.167. The zero-order valence-electron chi connectivity index (χ0n) is 11.2. The Morgan fingerprint density at radius 1 is 1.35 bits per heavy atom. The van der Waals surface area contributed by atoms with Gasteiger partial charge in [0.05, 0.1) is 6.54 Å². The summed E-state index contributed by atoms with van der Waals surface area (Å²) in [5, 5.41) is 6.32. The van der Waals surface area contributed by atoms with E-state index < -0.39 is 0 Å². The van der Waals surface area contributed by atoms with E-state index in [-0.39, 0.29) is 5.91 Å². The first-order chi connectivity index (χ1) is 8.10. The van der Waals surface area contributed by atoms with E-state index in [0.717, 1.165) is 24.9 Å². The standard InChI is InChI=1S/C14H26N2O/c1-11(2)7-14(5-6-14)10-16-13(17)9-15-8-12-3-4-12/h11-12,15H,3-10H2,1-2H3,(H,16,17). The molecule has 0 saturated heterocycles. The average Bonchev–Trinajstić information content (AvgIpc) is 3.11. The van der Waals surface area contributed by atoms with Crippen LogP contribution in [-0.4, -0.2) is 25.5 Å². The Kier molecular flexibility index (Phi) is 4.08. The van der Waals surface area contributed by atoms with E-state index in [1.54, 1.807) is 0 Å². The fourth-order valence-electron chi connectivity index (χ4n) is 2.56. The second kappa shape index (κ2) is 5.38. The molecule has 2 aliphatic carbocycles. The highest BCUT2D eigenvalue weighted by Crippen LogP contribution is 2.49. The minimum absolute atomic E-state index is 0.167. The molecule has 2 aliphatic rings. The first kappa shape index (κ1) is 12.9. The van der Waals surface area contributed by atoms with E-state index in [2.05, 4.69) is 24.5 Å². The van der Waals surface area contributed by atoms with Crippen LogP contribution in [0.2, 0.25) is 0 Å². The molecule has 98 valence electrons. The Hall–Kier alpha value is -0.570. The van der Waals surface area contributed by atoms with E-state index in [9.17, 15) is 4.79 Å². The van der Waals surface area contributed by atoms with Crippen LogP contribution in [-0.2, 0) is 4.79 Å². The number of nitrogens with one attached hydrogen (secondary N) is 2. The lowest BCUT2D eigenvalue weighted by molar-refractivity contribution is -0.120. The topological polar surface area (TPSA) is 41.1 Å². The molecule has 0 aliphatic heterocycles. The van der Waals surface area contributed by atoms with Crippen LogP contribution in [0.15, 0.2) is 0 Å². The van der Waals surface area contributed by atoms with Crippen molar-refractivity contribution >= 4 is 5.91 Å². The van der Waals surface area contributed by atoms with E-state index in [0.29, 0.717) is 12.0 Å². The molecule has 2 saturated carbocycles. The highest BCUT2D eigenvalue weighted by Gasteiger charge is 2.42. The molecule has 17 heavy (non-hydrogen) atoms. The first-order valence-electron chi connectivity index (χ1n) is 7.07. The molecule has 0 aromatic heterocycles. The predicted octanol–water partition coefficient (Wildman–Crippen LogP) is 1.93. The Morgan fingerprint density at radius 2 is 2.06 bits per heavy atom. The van der Waals surface area contributed by atoms with Gasteiger partial charge in [0.25, 0.3) is 0 Å². The van der Waals surface area contributed by atoms with E-state index >= 15 is 0 Å². The number of rotatable bonds is 8. The fourth-order valence-corrected chi connectivity index (χ4v) is 2.56. The molecule has 0 unspecified atom stereocenters. The van der Waals surface area contributed by atoms with Crippen molar-refractivity contribution < 1.29 is 4.79 Å². The summed E-state index contributed by atoms with van der Waals surface area (Å²) in [6.07, 6.45) is 6.52. The summed E-state index contributed by atoms with van der Waals surface area (Å²) in [7, 11) is 0. The summed E-state index contributed by atoms with van der Waals surface area (Å²) in [6.45, 7) is 6.92. The van der Waals surface area contributed by atoms with Crippen LogP contribution in [0.25, 0.3) is 0 Å². The molecule has 1 amide bonds. The number of carbonyl (C=O) groups is 1. The molecule has 3 heteroatoms. The zero-order chi connectivity index (χ0) is 12.3. The summed E-state index contributed by atoms with van der Waals surface area (Å²) in [4.78, 5) is 11.6. The van der Waals surface area contributed by atoms with Crippen LogP contribution >= 0.6 is 0 Å². The summed E-state index contributed by atoms with van der Waals surface area (Å²) < 4.78 is 0. The van der Waals surface area contributed by atoms with Crippen molar-refractivity contribution in [2.45, 2.75) is 46.0 Å².